The maximum atomic E-state index is 12.0. The number of nitrogens with zero attached hydrogens (tertiary/aromatic N) is 2. The van der Waals surface area contributed by atoms with Gasteiger partial charge in [0, 0.05) is 6.54 Å². The van der Waals surface area contributed by atoms with Crippen molar-refractivity contribution < 1.29 is 23.8 Å². The summed E-state index contributed by atoms with van der Waals surface area (Å²) in [5.74, 6) is 0.417. The Morgan fingerprint density at radius 1 is 1.17 bits per heavy atom. The van der Waals surface area contributed by atoms with E-state index in [0.717, 1.165) is 16.9 Å². The lowest BCUT2D eigenvalue weighted by atomic mass is 10.1. The van der Waals surface area contributed by atoms with E-state index in [1.165, 1.54) is 0 Å². The molecule has 1 aliphatic heterocycles. The highest BCUT2D eigenvalue weighted by Gasteiger charge is 2.33. The maximum Gasteiger partial charge on any atom is 0.410 e. The minimum Gasteiger partial charge on any atom is -0.489 e. The number of ether oxygens (including phenoxy) is 3. The molecule has 0 aromatic heterocycles. The van der Waals surface area contributed by atoms with E-state index in [2.05, 4.69) is 6.07 Å². The van der Waals surface area contributed by atoms with Crippen LogP contribution in [0, 0.1) is 11.3 Å². The van der Waals surface area contributed by atoms with Gasteiger partial charge in [-0.1, -0.05) is 24.3 Å². The highest BCUT2D eigenvalue weighted by molar-refractivity contribution is 5.73. The molecular weight excluding hydrogens is 384 g/mol. The Kier molecular flexibility index (Phi) is 7.28. The summed E-state index contributed by atoms with van der Waals surface area (Å²) in [6.07, 6.45) is 0.387. The van der Waals surface area contributed by atoms with E-state index in [1.807, 2.05) is 36.4 Å². The average molecular weight is 408 g/mol. The monoisotopic (exact) mass is 408 g/mol. The number of hydrogen-bond acceptors (Lipinski definition) is 6. The highest BCUT2D eigenvalue weighted by Crippen LogP contribution is 2.20. The number of rotatable bonds is 9. The molecule has 2 aromatic rings. The molecule has 7 nitrogen and oxygen atoms in total. The minimum atomic E-state index is -0.397. The van der Waals surface area contributed by atoms with Crippen LogP contribution in [0.4, 0.5) is 4.79 Å². The molecule has 1 fully saturated rings. The molecule has 0 bridgehead atoms. The first-order valence-electron chi connectivity index (χ1n) is 9.89. The number of amides is 1. The van der Waals surface area contributed by atoms with Crippen molar-refractivity contribution in [2.75, 3.05) is 19.8 Å². The zero-order chi connectivity index (χ0) is 21.3. The van der Waals surface area contributed by atoms with Crippen LogP contribution in [0.25, 0.3) is 0 Å². The molecule has 1 amide bonds. The number of benzene rings is 2. The summed E-state index contributed by atoms with van der Waals surface area (Å²) in [5, 5.41) is 8.84. The molecule has 3 rings (SSSR count). The van der Waals surface area contributed by atoms with Gasteiger partial charge < -0.3 is 19.1 Å². The van der Waals surface area contributed by atoms with Gasteiger partial charge in [0.2, 0.25) is 0 Å². The van der Waals surface area contributed by atoms with Crippen molar-refractivity contribution in [2.45, 2.75) is 32.4 Å². The van der Waals surface area contributed by atoms with Crippen LogP contribution < -0.4 is 4.74 Å². The molecule has 7 heteroatoms. The summed E-state index contributed by atoms with van der Waals surface area (Å²) < 4.78 is 15.9. The Hall–Kier alpha value is -3.53. The molecule has 2 aromatic carbocycles. The molecule has 156 valence electrons. The first-order chi connectivity index (χ1) is 14.6. The standard InChI is InChI=1S/C23H24N2O5/c1-2-28-22(26)11-12-25-20(16-30-23(25)27)13-17-7-9-21(10-8-17)29-15-19-5-3-18(14-24)4-6-19/h3-10,20H,2,11-13,15-16H2,1H3/t20-/m1/s1. The smallest absolute Gasteiger partial charge is 0.410 e. The van der Waals surface area contributed by atoms with Crippen LogP contribution in [0.5, 0.6) is 5.75 Å². The quantitative estimate of drug-likeness (QED) is 0.591. The predicted molar refractivity (Wildman–Crippen MR) is 109 cm³/mol. The fraction of sp³-hybridized carbons (Fsp3) is 0.348. The molecule has 0 N–H and O–H groups in total. The summed E-state index contributed by atoms with van der Waals surface area (Å²) in [5.41, 5.74) is 2.65. The highest BCUT2D eigenvalue weighted by atomic mass is 16.6. The van der Waals surface area contributed by atoms with Gasteiger partial charge in [-0.15, -0.1) is 0 Å². The zero-order valence-corrected chi connectivity index (χ0v) is 16.9. The third-order valence-electron chi connectivity index (χ3n) is 4.82. The predicted octanol–water partition coefficient (Wildman–Crippen LogP) is 3.45. The van der Waals surface area contributed by atoms with Crippen molar-refractivity contribution in [3.63, 3.8) is 0 Å². The largest absolute Gasteiger partial charge is 0.489 e. The van der Waals surface area contributed by atoms with Gasteiger partial charge >= 0.3 is 12.1 Å². The van der Waals surface area contributed by atoms with Crippen LogP contribution in [0.3, 0.4) is 0 Å². The Bertz CT molecular complexity index is 903. The fourth-order valence-corrected chi connectivity index (χ4v) is 3.21. The van der Waals surface area contributed by atoms with Crippen LogP contribution in [-0.4, -0.2) is 42.8 Å². The Balaban J connectivity index is 1.51. The first kappa shape index (κ1) is 21.2. The van der Waals surface area contributed by atoms with Crippen molar-refractivity contribution in [2.24, 2.45) is 0 Å². The van der Waals surface area contributed by atoms with Gasteiger partial charge in [-0.25, -0.2) is 4.79 Å². The number of hydrogen-bond donors (Lipinski definition) is 0. The average Bonchev–Trinajstić information content (AvgIpc) is 3.11. The van der Waals surface area contributed by atoms with Gasteiger partial charge in [-0.3, -0.25) is 4.79 Å². The summed E-state index contributed by atoms with van der Waals surface area (Å²) in [7, 11) is 0. The maximum absolute atomic E-state index is 12.0. The van der Waals surface area contributed by atoms with E-state index in [9.17, 15) is 9.59 Å². The summed E-state index contributed by atoms with van der Waals surface area (Å²) in [6, 6.07) is 16.9. The molecule has 1 heterocycles. The second-order valence-corrected chi connectivity index (χ2v) is 6.92. The fourth-order valence-electron chi connectivity index (χ4n) is 3.21. The van der Waals surface area contributed by atoms with Crippen molar-refractivity contribution in [1.82, 2.24) is 4.90 Å². The Labute approximate surface area is 175 Å². The number of carbonyl (C=O) groups is 2. The number of nitriles is 1. The molecule has 0 radical (unpaired) electrons. The summed E-state index contributed by atoms with van der Waals surface area (Å²) in [6.45, 7) is 3.08. The van der Waals surface area contributed by atoms with Crippen LogP contribution >= 0.6 is 0 Å². The van der Waals surface area contributed by atoms with Gasteiger partial charge in [0.1, 0.15) is 19.0 Å². The van der Waals surface area contributed by atoms with E-state index in [1.54, 1.807) is 24.0 Å². The van der Waals surface area contributed by atoms with Crippen molar-refractivity contribution in [3.8, 4) is 11.8 Å². The van der Waals surface area contributed by atoms with Crippen LogP contribution in [0.2, 0.25) is 0 Å². The van der Waals surface area contributed by atoms with Crippen molar-refractivity contribution >= 4 is 12.1 Å². The summed E-state index contributed by atoms with van der Waals surface area (Å²) in [4.78, 5) is 25.1. The molecule has 0 unspecified atom stereocenters. The molecular formula is C23H24N2O5. The molecule has 1 saturated heterocycles. The van der Waals surface area contributed by atoms with Gasteiger partial charge in [0.05, 0.1) is 30.7 Å². The van der Waals surface area contributed by atoms with E-state index in [0.29, 0.717) is 31.8 Å². The van der Waals surface area contributed by atoms with E-state index >= 15 is 0 Å². The normalized spacial score (nSPS) is 15.4. The molecule has 0 spiro atoms. The van der Waals surface area contributed by atoms with Gasteiger partial charge in [-0.05, 0) is 48.7 Å². The lowest BCUT2D eigenvalue weighted by Crippen LogP contribution is -2.36. The van der Waals surface area contributed by atoms with Crippen LogP contribution in [0.15, 0.2) is 48.5 Å². The zero-order valence-electron chi connectivity index (χ0n) is 16.9. The van der Waals surface area contributed by atoms with Gasteiger partial charge in [0.15, 0.2) is 0 Å². The van der Waals surface area contributed by atoms with Crippen molar-refractivity contribution in [1.29, 1.82) is 5.26 Å². The molecule has 0 aliphatic carbocycles. The van der Waals surface area contributed by atoms with E-state index in [-0.39, 0.29) is 25.0 Å². The van der Waals surface area contributed by atoms with Crippen LogP contribution in [0.1, 0.15) is 30.0 Å². The molecule has 0 saturated carbocycles. The molecule has 30 heavy (non-hydrogen) atoms. The SMILES string of the molecule is CCOC(=O)CCN1C(=O)OC[C@H]1Cc1ccc(OCc2ccc(C#N)cc2)cc1. The van der Waals surface area contributed by atoms with Gasteiger partial charge in [-0.2, -0.15) is 5.26 Å². The second kappa shape index (κ2) is 10.3. The lowest BCUT2D eigenvalue weighted by Gasteiger charge is -2.21. The topological polar surface area (TPSA) is 88.9 Å². The molecule has 1 aliphatic rings. The second-order valence-electron chi connectivity index (χ2n) is 6.92. The van der Waals surface area contributed by atoms with Crippen LogP contribution in [-0.2, 0) is 27.3 Å². The van der Waals surface area contributed by atoms with E-state index < -0.39 is 6.09 Å². The summed E-state index contributed by atoms with van der Waals surface area (Å²) >= 11 is 0. The number of carbonyl (C=O) groups excluding carboxylic acids is 2. The number of cyclic esters (lactones) is 1. The number of esters is 1. The third kappa shape index (κ3) is 5.74. The Morgan fingerprint density at radius 3 is 2.53 bits per heavy atom. The van der Waals surface area contributed by atoms with Crippen molar-refractivity contribution in [3.05, 3.63) is 65.2 Å². The lowest BCUT2D eigenvalue weighted by molar-refractivity contribution is -0.143. The van der Waals surface area contributed by atoms with E-state index in [4.69, 9.17) is 19.5 Å². The molecule has 1 atom stereocenters. The van der Waals surface area contributed by atoms with Gasteiger partial charge in [0.25, 0.3) is 0 Å². The third-order valence-corrected chi connectivity index (χ3v) is 4.82. The first-order valence-corrected chi connectivity index (χ1v) is 9.89. The minimum absolute atomic E-state index is 0.114. The Morgan fingerprint density at radius 2 is 1.87 bits per heavy atom.